The number of nitrogens with zero attached hydrogens (tertiary/aromatic N) is 2. The first-order valence-electron chi connectivity index (χ1n) is 9.63. The first-order valence-corrected chi connectivity index (χ1v) is 10.6. The van der Waals surface area contributed by atoms with Gasteiger partial charge in [-0.3, -0.25) is 14.2 Å². The Hall–Kier alpha value is -2.40. The molecule has 1 saturated carbocycles. The number of thioether (sulfide) groups is 1. The Morgan fingerprint density at radius 3 is 2.54 bits per heavy atom. The van der Waals surface area contributed by atoms with Gasteiger partial charge in [0.25, 0.3) is 5.56 Å². The van der Waals surface area contributed by atoms with Gasteiger partial charge in [-0.05, 0) is 74.9 Å². The lowest BCUT2D eigenvalue weighted by Crippen LogP contribution is -2.23. The molecule has 2 aromatic carbocycles. The second-order valence-corrected chi connectivity index (χ2v) is 8.61. The third-order valence-electron chi connectivity index (χ3n) is 5.66. The van der Waals surface area contributed by atoms with Crippen molar-refractivity contribution in [2.45, 2.75) is 51.7 Å². The molecule has 5 heteroatoms. The molecule has 0 unspecified atom stereocenters. The maximum Gasteiger partial charge on any atom is 0.262 e. The summed E-state index contributed by atoms with van der Waals surface area (Å²) < 4.78 is 1.79. The number of fused-ring (bicyclic) bond motifs is 1. The molecule has 4 nitrogen and oxygen atoms in total. The summed E-state index contributed by atoms with van der Waals surface area (Å²) in [5.41, 5.74) is 5.93. The third kappa shape index (κ3) is 3.28. The van der Waals surface area contributed by atoms with Crippen LogP contribution in [0.4, 0.5) is 0 Å². The van der Waals surface area contributed by atoms with Crippen LogP contribution in [0.5, 0.6) is 0 Å². The maximum absolute atomic E-state index is 13.0. The largest absolute Gasteiger partial charge is 0.293 e. The van der Waals surface area contributed by atoms with Crippen LogP contribution in [0.1, 0.15) is 51.5 Å². The summed E-state index contributed by atoms with van der Waals surface area (Å²) in [5, 5.41) is 1.30. The van der Waals surface area contributed by atoms with E-state index in [4.69, 9.17) is 4.98 Å². The van der Waals surface area contributed by atoms with Crippen LogP contribution in [0.3, 0.4) is 0 Å². The fourth-order valence-corrected chi connectivity index (χ4v) is 4.74. The summed E-state index contributed by atoms with van der Waals surface area (Å²) >= 11 is 1.38. The minimum atomic E-state index is 0.00147. The van der Waals surface area contributed by atoms with Crippen LogP contribution < -0.4 is 5.56 Å². The molecule has 1 heterocycles. The van der Waals surface area contributed by atoms with E-state index in [-0.39, 0.29) is 23.1 Å². The predicted molar refractivity (Wildman–Crippen MR) is 115 cm³/mol. The molecule has 3 aromatic rings. The van der Waals surface area contributed by atoms with E-state index >= 15 is 0 Å². The molecule has 0 saturated heterocycles. The van der Waals surface area contributed by atoms with Crippen molar-refractivity contribution < 1.29 is 4.79 Å². The number of Topliss-reactive ketones (excluding diaryl/α,β-unsaturated/α-hetero) is 1. The van der Waals surface area contributed by atoms with E-state index in [1.807, 2.05) is 38.1 Å². The molecule has 0 N–H and O–H groups in total. The van der Waals surface area contributed by atoms with Gasteiger partial charge in [0.2, 0.25) is 0 Å². The standard InChI is InChI=1S/C23H24N2O2S/c1-13-11-14(2)21(16(4)15(13)3)20(26)12-28-23-24-19-8-6-5-7-18(19)22(27)25(23)17-9-10-17/h5-8,11,17H,9-10,12H2,1-4H3. The SMILES string of the molecule is Cc1cc(C)c(C(=O)CSc2nc3ccccc3c(=O)n2C2CC2)c(C)c1C. The first-order chi connectivity index (χ1) is 13.4. The fourth-order valence-electron chi connectivity index (χ4n) is 3.80. The van der Waals surface area contributed by atoms with Gasteiger partial charge >= 0.3 is 0 Å². The molecule has 1 aromatic heterocycles. The summed E-state index contributed by atoms with van der Waals surface area (Å²) in [5.74, 6) is 0.370. The van der Waals surface area contributed by atoms with Crippen LogP contribution in [0.2, 0.25) is 0 Å². The molecule has 0 amide bonds. The van der Waals surface area contributed by atoms with Crippen LogP contribution in [-0.4, -0.2) is 21.1 Å². The predicted octanol–water partition coefficient (Wildman–Crippen LogP) is 4.94. The average Bonchev–Trinajstić information content (AvgIpc) is 3.49. The van der Waals surface area contributed by atoms with Crippen LogP contribution in [0.15, 0.2) is 40.3 Å². The van der Waals surface area contributed by atoms with Crippen molar-refractivity contribution in [3.63, 3.8) is 0 Å². The summed E-state index contributed by atoms with van der Waals surface area (Å²) in [7, 11) is 0. The zero-order valence-corrected chi connectivity index (χ0v) is 17.5. The average molecular weight is 393 g/mol. The Balaban J connectivity index is 1.68. The summed E-state index contributed by atoms with van der Waals surface area (Å²) in [6, 6.07) is 9.73. The number of hydrogen-bond donors (Lipinski definition) is 0. The first kappa shape index (κ1) is 18.9. The Kier molecular flexibility index (Phi) is 4.88. The second-order valence-electron chi connectivity index (χ2n) is 7.67. The lowest BCUT2D eigenvalue weighted by Gasteiger charge is -2.15. The Morgan fingerprint density at radius 1 is 1.11 bits per heavy atom. The topological polar surface area (TPSA) is 52.0 Å². The molecule has 28 heavy (non-hydrogen) atoms. The normalized spacial score (nSPS) is 13.9. The lowest BCUT2D eigenvalue weighted by atomic mass is 9.92. The van der Waals surface area contributed by atoms with E-state index in [1.165, 1.54) is 17.3 Å². The van der Waals surface area contributed by atoms with Crippen molar-refractivity contribution in [2.24, 2.45) is 0 Å². The highest BCUT2D eigenvalue weighted by atomic mass is 32.2. The molecule has 0 atom stereocenters. The molecule has 0 bridgehead atoms. The van der Waals surface area contributed by atoms with Gasteiger partial charge in [0.15, 0.2) is 10.9 Å². The van der Waals surface area contributed by atoms with E-state index in [0.29, 0.717) is 16.1 Å². The Bertz CT molecular complexity index is 1160. The van der Waals surface area contributed by atoms with Crippen molar-refractivity contribution in [3.8, 4) is 0 Å². The molecule has 1 fully saturated rings. The summed E-state index contributed by atoms with van der Waals surface area (Å²) in [6.07, 6.45) is 1.99. The fraction of sp³-hybridized carbons (Fsp3) is 0.348. The van der Waals surface area contributed by atoms with E-state index in [9.17, 15) is 9.59 Å². The monoisotopic (exact) mass is 392 g/mol. The van der Waals surface area contributed by atoms with Crippen molar-refractivity contribution in [1.29, 1.82) is 0 Å². The number of hydrogen-bond acceptors (Lipinski definition) is 4. The number of rotatable bonds is 5. The molecule has 0 spiro atoms. The number of aromatic nitrogens is 2. The van der Waals surface area contributed by atoms with Crippen molar-refractivity contribution >= 4 is 28.4 Å². The number of benzene rings is 2. The van der Waals surface area contributed by atoms with Gasteiger partial charge < -0.3 is 0 Å². The summed E-state index contributed by atoms with van der Waals surface area (Å²) in [6.45, 7) is 8.14. The smallest absolute Gasteiger partial charge is 0.262 e. The Morgan fingerprint density at radius 2 is 1.82 bits per heavy atom. The molecule has 4 rings (SSSR count). The zero-order chi connectivity index (χ0) is 20.0. The van der Waals surface area contributed by atoms with E-state index < -0.39 is 0 Å². The molecular formula is C23H24N2O2S. The molecule has 144 valence electrons. The third-order valence-corrected chi connectivity index (χ3v) is 6.61. The van der Waals surface area contributed by atoms with Gasteiger partial charge in [-0.25, -0.2) is 4.98 Å². The van der Waals surface area contributed by atoms with Gasteiger partial charge in [-0.1, -0.05) is 30.0 Å². The van der Waals surface area contributed by atoms with Gasteiger partial charge in [-0.15, -0.1) is 0 Å². The minimum absolute atomic E-state index is 0.00147. The number of aryl methyl sites for hydroxylation is 2. The summed E-state index contributed by atoms with van der Waals surface area (Å²) in [4.78, 5) is 30.7. The highest BCUT2D eigenvalue weighted by Crippen LogP contribution is 2.37. The minimum Gasteiger partial charge on any atom is -0.293 e. The van der Waals surface area contributed by atoms with Crippen LogP contribution >= 0.6 is 11.8 Å². The van der Waals surface area contributed by atoms with Gasteiger partial charge in [0.05, 0.1) is 16.7 Å². The van der Waals surface area contributed by atoms with Crippen molar-refractivity contribution in [2.75, 3.05) is 5.75 Å². The quantitative estimate of drug-likeness (QED) is 0.351. The number of para-hydroxylation sites is 1. The van der Waals surface area contributed by atoms with Gasteiger partial charge in [0.1, 0.15) is 0 Å². The molecule has 1 aliphatic carbocycles. The Labute approximate surface area is 169 Å². The van der Waals surface area contributed by atoms with Gasteiger partial charge in [-0.2, -0.15) is 0 Å². The van der Waals surface area contributed by atoms with Crippen molar-refractivity contribution in [1.82, 2.24) is 9.55 Å². The lowest BCUT2D eigenvalue weighted by molar-refractivity contribution is 0.102. The second kappa shape index (κ2) is 7.21. The molecule has 1 aliphatic rings. The maximum atomic E-state index is 13.0. The van der Waals surface area contributed by atoms with Gasteiger partial charge in [0, 0.05) is 11.6 Å². The zero-order valence-electron chi connectivity index (χ0n) is 16.7. The van der Waals surface area contributed by atoms with Crippen LogP contribution in [0, 0.1) is 27.7 Å². The van der Waals surface area contributed by atoms with E-state index in [1.54, 1.807) is 4.57 Å². The van der Waals surface area contributed by atoms with Crippen molar-refractivity contribution in [3.05, 3.63) is 68.5 Å². The number of carbonyl (C=O) groups excluding carboxylic acids is 1. The van der Waals surface area contributed by atoms with Crippen LogP contribution in [0.25, 0.3) is 10.9 Å². The molecule has 0 radical (unpaired) electrons. The van der Waals surface area contributed by atoms with E-state index in [0.717, 1.165) is 35.1 Å². The number of carbonyl (C=O) groups is 1. The van der Waals surface area contributed by atoms with E-state index in [2.05, 4.69) is 19.9 Å². The highest BCUT2D eigenvalue weighted by Gasteiger charge is 2.29. The number of ketones is 1. The highest BCUT2D eigenvalue weighted by molar-refractivity contribution is 7.99. The molecular weight excluding hydrogens is 368 g/mol. The van der Waals surface area contributed by atoms with Crippen LogP contribution in [-0.2, 0) is 0 Å². The molecule has 0 aliphatic heterocycles.